The number of rotatable bonds is 3. The van der Waals surface area contributed by atoms with Gasteiger partial charge in [0.15, 0.2) is 0 Å². The van der Waals surface area contributed by atoms with Crippen LogP contribution in [0.4, 0.5) is 0 Å². The molecule has 0 saturated heterocycles. The molecule has 0 fully saturated rings. The van der Waals surface area contributed by atoms with E-state index in [9.17, 15) is 4.79 Å². The second kappa shape index (κ2) is 5.67. The monoisotopic (exact) mass is 278 g/mol. The van der Waals surface area contributed by atoms with Gasteiger partial charge in [-0.1, -0.05) is 36.4 Å². The first-order chi connectivity index (χ1) is 10.3. The van der Waals surface area contributed by atoms with Gasteiger partial charge in [0.05, 0.1) is 12.7 Å². The Bertz CT molecular complexity index is 793. The van der Waals surface area contributed by atoms with Gasteiger partial charge in [-0.25, -0.2) is 4.79 Å². The highest BCUT2D eigenvalue weighted by Crippen LogP contribution is 2.21. The van der Waals surface area contributed by atoms with E-state index < -0.39 is 0 Å². The summed E-state index contributed by atoms with van der Waals surface area (Å²) < 4.78 is 10.5. The average Bonchev–Trinajstić information content (AvgIpc) is 2.54. The van der Waals surface area contributed by atoms with Crippen LogP contribution in [0.2, 0.25) is 0 Å². The first-order valence-corrected chi connectivity index (χ1v) is 6.61. The molecular formula is C18H14O3. The summed E-state index contributed by atoms with van der Waals surface area (Å²) in [5, 5.41) is 2.10. The molecule has 0 saturated carbocycles. The third-order valence-corrected chi connectivity index (χ3v) is 3.24. The molecule has 3 nitrogen and oxygen atoms in total. The van der Waals surface area contributed by atoms with E-state index >= 15 is 0 Å². The highest BCUT2D eigenvalue weighted by Gasteiger charge is 2.09. The largest absolute Gasteiger partial charge is 0.497 e. The Hall–Kier alpha value is -2.81. The predicted molar refractivity (Wildman–Crippen MR) is 81.9 cm³/mol. The first-order valence-electron chi connectivity index (χ1n) is 6.61. The summed E-state index contributed by atoms with van der Waals surface area (Å²) in [7, 11) is 1.57. The summed E-state index contributed by atoms with van der Waals surface area (Å²) in [6.45, 7) is 0. The van der Waals surface area contributed by atoms with Crippen LogP contribution >= 0.6 is 0 Å². The molecule has 0 aliphatic rings. The van der Waals surface area contributed by atoms with E-state index in [1.165, 1.54) is 0 Å². The van der Waals surface area contributed by atoms with Crippen molar-refractivity contribution in [3.05, 3.63) is 72.3 Å². The highest BCUT2D eigenvalue weighted by molar-refractivity contribution is 5.96. The molecule has 3 heteroatoms. The van der Waals surface area contributed by atoms with Crippen molar-refractivity contribution >= 4 is 16.7 Å². The fraction of sp³-hybridized carbons (Fsp3) is 0.0556. The Morgan fingerprint density at radius 3 is 2.38 bits per heavy atom. The molecule has 0 N–H and O–H groups in total. The van der Waals surface area contributed by atoms with Gasteiger partial charge in [-0.2, -0.15) is 0 Å². The van der Waals surface area contributed by atoms with Crippen molar-refractivity contribution in [2.45, 2.75) is 0 Å². The van der Waals surface area contributed by atoms with E-state index in [2.05, 4.69) is 0 Å². The molecule has 104 valence electrons. The predicted octanol–water partition coefficient (Wildman–Crippen LogP) is 4.07. The summed E-state index contributed by atoms with van der Waals surface area (Å²) in [4.78, 5) is 12.2. The van der Waals surface area contributed by atoms with Crippen LogP contribution in [0.3, 0.4) is 0 Å². The third-order valence-electron chi connectivity index (χ3n) is 3.24. The Morgan fingerprint density at radius 2 is 1.57 bits per heavy atom. The summed E-state index contributed by atoms with van der Waals surface area (Å²) in [6, 6.07) is 20.4. The highest BCUT2D eigenvalue weighted by atomic mass is 16.5. The lowest BCUT2D eigenvalue weighted by Crippen LogP contribution is -2.08. The van der Waals surface area contributed by atoms with E-state index in [0.717, 1.165) is 10.8 Å². The van der Waals surface area contributed by atoms with Gasteiger partial charge in [-0.05, 0) is 35.0 Å². The lowest BCUT2D eigenvalue weighted by molar-refractivity contribution is 0.0734. The fourth-order valence-corrected chi connectivity index (χ4v) is 2.15. The number of ether oxygens (including phenoxy) is 2. The quantitative estimate of drug-likeness (QED) is 0.535. The van der Waals surface area contributed by atoms with Gasteiger partial charge in [0.1, 0.15) is 11.5 Å². The molecule has 0 aromatic heterocycles. The zero-order valence-corrected chi connectivity index (χ0v) is 11.6. The molecule has 3 aromatic carbocycles. The van der Waals surface area contributed by atoms with Crippen LogP contribution in [-0.2, 0) is 0 Å². The lowest BCUT2D eigenvalue weighted by atomic mass is 10.1. The molecule has 21 heavy (non-hydrogen) atoms. The summed E-state index contributed by atoms with van der Waals surface area (Å²) >= 11 is 0. The molecule has 0 aliphatic carbocycles. The van der Waals surface area contributed by atoms with Crippen molar-refractivity contribution in [2.75, 3.05) is 7.11 Å². The summed E-state index contributed by atoms with van der Waals surface area (Å²) in [5.74, 6) is 0.736. The van der Waals surface area contributed by atoms with Gasteiger partial charge in [-0.15, -0.1) is 0 Å². The van der Waals surface area contributed by atoms with E-state index in [1.54, 1.807) is 37.4 Å². The molecule has 0 unspecified atom stereocenters. The first kappa shape index (κ1) is 13.2. The molecule has 3 aromatic rings. The number of esters is 1. The van der Waals surface area contributed by atoms with Gasteiger partial charge < -0.3 is 9.47 Å². The zero-order chi connectivity index (χ0) is 14.7. The van der Waals surface area contributed by atoms with E-state index in [0.29, 0.717) is 17.1 Å². The zero-order valence-electron chi connectivity index (χ0n) is 11.6. The van der Waals surface area contributed by atoms with E-state index in [1.807, 2.05) is 36.4 Å². The Kier molecular flexibility index (Phi) is 3.56. The smallest absolute Gasteiger partial charge is 0.343 e. The van der Waals surface area contributed by atoms with Crippen LogP contribution in [0, 0.1) is 0 Å². The van der Waals surface area contributed by atoms with Crippen molar-refractivity contribution in [1.82, 2.24) is 0 Å². The van der Waals surface area contributed by atoms with Crippen LogP contribution in [-0.4, -0.2) is 13.1 Å². The number of hydrogen-bond donors (Lipinski definition) is 0. The van der Waals surface area contributed by atoms with Gasteiger partial charge in [-0.3, -0.25) is 0 Å². The normalized spacial score (nSPS) is 10.3. The minimum Gasteiger partial charge on any atom is -0.497 e. The van der Waals surface area contributed by atoms with Crippen molar-refractivity contribution in [1.29, 1.82) is 0 Å². The molecule has 0 atom stereocenters. The van der Waals surface area contributed by atoms with E-state index in [-0.39, 0.29) is 5.97 Å². The standard InChI is InChI=1S/C18H14O3/c1-20-16-7-4-8-17(12-16)21-18(19)15-10-9-13-5-2-3-6-14(13)11-15/h2-12H,1H3. The Balaban J connectivity index is 1.86. The molecule has 0 bridgehead atoms. The number of fused-ring (bicyclic) bond motifs is 1. The number of carbonyl (C=O) groups is 1. The summed E-state index contributed by atoms with van der Waals surface area (Å²) in [6.07, 6.45) is 0. The van der Waals surface area contributed by atoms with Gasteiger partial charge >= 0.3 is 5.97 Å². The maximum atomic E-state index is 12.2. The fourth-order valence-electron chi connectivity index (χ4n) is 2.15. The van der Waals surface area contributed by atoms with Crippen LogP contribution in [0.5, 0.6) is 11.5 Å². The number of hydrogen-bond acceptors (Lipinski definition) is 3. The Labute approximate surface area is 122 Å². The van der Waals surface area contributed by atoms with Gasteiger partial charge in [0.25, 0.3) is 0 Å². The van der Waals surface area contributed by atoms with Crippen LogP contribution in [0.25, 0.3) is 10.8 Å². The molecular weight excluding hydrogens is 264 g/mol. The van der Waals surface area contributed by atoms with Crippen LogP contribution in [0.15, 0.2) is 66.7 Å². The maximum Gasteiger partial charge on any atom is 0.343 e. The van der Waals surface area contributed by atoms with E-state index in [4.69, 9.17) is 9.47 Å². The third kappa shape index (κ3) is 2.87. The molecule has 0 heterocycles. The topological polar surface area (TPSA) is 35.5 Å². The van der Waals surface area contributed by atoms with Crippen LogP contribution in [0.1, 0.15) is 10.4 Å². The number of carbonyl (C=O) groups excluding carboxylic acids is 1. The van der Waals surface area contributed by atoms with Crippen molar-refractivity contribution < 1.29 is 14.3 Å². The van der Waals surface area contributed by atoms with Crippen molar-refractivity contribution in [2.24, 2.45) is 0 Å². The second-order valence-electron chi connectivity index (χ2n) is 4.63. The molecule has 0 spiro atoms. The molecule has 0 aliphatic heterocycles. The molecule has 0 radical (unpaired) electrons. The number of methoxy groups -OCH3 is 1. The van der Waals surface area contributed by atoms with Crippen LogP contribution < -0.4 is 9.47 Å². The lowest BCUT2D eigenvalue weighted by Gasteiger charge is -2.07. The minimum absolute atomic E-state index is 0.381. The summed E-state index contributed by atoms with van der Waals surface area (Å²) in [5.41, 5.74) is 0.525. The molecule has 0 amide bonds. The minimum atomic E-state index is -0.381. The van der Waals surface area contributed by atoms with Gasteiger partial charge in [0, 0.05) is 6.07 Å². The molecule has 3 rings (SSSR count). The Morgan fingerprint density at radius 1 is 0.810 bits per heavy atom. The van der Waals surface area contributed by atoms with Crippen molar-refractivity contribution in [3.63, 3.8) is 0 Å². The van der Waals surface area contributed by atoms with Gasteiger partial charge in [0.2, 0.25) is 0 Å². The van der Waals surface area contributed by atoms with Crippen molar-refractivity contribution in [3.8, 4) is 11.5 Å². The maximum absolute atomic E-state index is 12.2. The average molecular weight is 278 g/mol. The number of benzene rings is 3. The second-order valence-corrected chi connectivity index (χ2v) is 4.63. The SMILES string of the molecule is COc1cccc(OC(=O)c2ccc3ccccc3c2)c1.